The predicted molar refractivity (Wildman–Crippen MR) is 48.5 cm³/mol. The summed E-state index contributed by atoms with van der Waals surface area (Å²) < 4.78 is 5.36. The van der Waals surface area contributed by atoms with Crippen LogP contribution in [0.25, 0.3) is 0 Å². The highest BCUT2D eigenvalue weighted by atomic mass is 16.5. The molecule has 4 nitrogen and oxygen atoms in total. The van der Waals surface area contributed by atoms with Crippen LogP contribution in [0, 0.1) is 0 Å². The highest BCUT2D eigenvalue weighted by Gasteiger charge is 2.24. The van der Waals surface area contributed by atoms with Crippen molar-refractivity contribution in [3.63, 3.8) is 0 Å². The number of hydrogen-bond donors (Lipinski definition) is 2. The predicted octanol–water partition coefficient (Wildman–Crippen LogP) is 1.17. The number of fused-ring (bicyclic) bond motifs is 1. The Balaban J connectivity index is 2.14. The van der Waals surface area contributed by atoms with E-state index in [9.17, 15) is 4.79 Å². The summed E-state index contributed by atoms with van der Waals surface area (Å²) in [6, 6.07) is 4.84. The normalized spacial score (nSPS) is 18.7. The number of aliphatic carboxylic acids is 1. The van der Waals surface area contributed by atoms with Crippen molar-refractivity contribution in [3.05, 3.63) is 23.8 Å². The standard InChI is InChI=1S/C10H10O4/c11-7-2-1-6-3-8(5-10(12)13)14-9(6)4-7/h1-2,4,8,11H,3,5H2,(H,12,13)/t8-/m0/s1. The number of ether oxygens (including phenoxy) is 1. The Kier molecular flexibility index (Phi) is 2.04. The van der Waals surface area contributed by atoms with Gasteiger partial charge >= 0.3 is 5.97 Å². The molecule has 2 rings (SSSR count). The summed E-state index contributed by atoms with van der Waals surface area (Å²) in [7, 11) is 0. The summed E-state index contributed by atoms with van der Waals surface area (Å²) in [5.74, 6) is -0.136. The van der Waals surface area contributed by atoms with Crippen molar-refractivity contribution >= 4 is 5.97 Å². The topological polar surface area (TPSA) is 66.8 Å². The van der Waals surface area contributed by atoms with Gasteiger partial charge in [-0.25, -0.2) is 0 Å². The van der Waals surface area contributed by atoms with Crippen LogP contribution in [0.3, 0.4) is 0 Å². The Bertz CT molecular complexity index is 372. The van der Waals surface area contributed by atoms with E-state index < -0.39 is 5.97 Å². The first-order chi connectivity index (χ1) is 6.65. The number of hydrogen-bond acceptors (Lipinski definition) is 3. The zero-order chi connectivity index (χ0) is 10.1. The van der Waals surface area contributed by atoms with Crippen molar-refractivity contribution in [2.24, 2.45) is 0 Å². The van der Waals surface area contributed by atoms with Gasteiger partial charge in [0.05, 0.1) is 6.42 Å². The van der Waals surface area contributed by atoms with Crippen LogP contribution in [0.4, 0.5) is 0 Å². The average Bonchev–Trinajstić information content (AvgIpc) is 2.44. The van der Waals surface area contributed by atoms with E-state index in [1.54, 1.807) is 12.1 Å². The molecule has 4 heteroatoms. The zero-order valence-corrected chi connectivity index (χ0v) is 7.43. The minimum absolute atomic E-state index is 0.00452. The fourth-order valence-electron chi connectivity index (χ4n) is 1.60. The summed E-state index contributed by atoms with van der Waals surface area (Å²) in [5, 5.41) is 17.7. The fourth-order valence-corrected chi connectivity index (χ4v) is 1.60. The number of carboxylic acids is 1. The molecule has 14 heavy (non-hydrogen) atoms. The Hall–Kier alpha value is -1.71. The molecule has 1 aliphatic rings. The quantitative estimate of drug-likeness (QED) is 0.741. The molecule has 0 aliphatic carbocycles. The third-order valence-corrected chi connectivity index (χ3v) is 2.19. The molecule has 0 saturated heterocycles. The van der Waals surface area contributed by atoms with Gasteiger partial charge in [0.15, 0.2) is 0 Å². The first-order valence-corrected chi connectivity index (χ1v) is 4.35. The van der Waals surface area contributed by atoms with Gasteiger partial charge in [0.2, 0.25) is 0 Å². The maximum atomic E-state index is 10.4. The summed E-state index contributed by atoms with van der Waals surface area (Å²) in [5.41, 5.74) is 0.953. The molecule has 1 atom stereocenters. The van der Waals surface area contributed by atoms with E-state index in [1.807, 2.05) is 0 Å². The maximum Gasteiger partial charge on any atom is 0.307 e. The number of carboxylic acid groups (broad SMARTS) is 1. The summed E-state index contributed by atoms with van der Waals surface area (Å²) in [6.45, 7) is 0. The van der Waals surface area contributed by atoms with Gasteiger partial charge in [0.25, 0.3) is 0 Å². The van der Waals surface area contributed by atoms with Crippen LogP contribution in [0.1, 0.15) is 12.0 Å². The summed E-state index contributed by atoms with van der Waals surface area (Å²) in [6.07, 6.45) is 0.293. The molecule has 1 aromatic rings. The molecule has 0 saturated carbocycles. The lowest BCUT2D eigenvalue weighted by Gasteiger charge is -2.06. The third kappa shape index (κ3) is 1.64. The number of carbonyl (C=O) groups is 1. The second-order valence-corrected chi connectivity index (χ2v) is 3.33. The lowest BCUT2D eigenvalue weighted by Crippen LogP contribution is -2.17. The van der Waals surface area contributed by atoms with Gasteiger partial charge in [-0.05, 0) is 11.6 Å². The SMILES string of the molecule is O=C(O)C[C@@H]1Cc2ccc(O)cc2O1. The molecule has 0 aromatic heterocycles. The van der Waals surface area contributed by atoms with Gasteiger partial charge in [-0.2, -0.15) is 0 Å². The van der Waals surface area contributed by atoms with Crippen LogP contribution < -0.4 is 4.74 Å². The fraction of sp³-hybridized carbons (Fsp3) is 0.300. The molecule has 0 bridgehead atoms. The smallest absolute Gasteiger partial charge is 0.307 e. The average molecular weight is 194 g/mol. The van der Waals surface area contributed by atoms with E-state index in [4.69, 9.17) is 14.9 Å². The number of phenols is 1. The van der Waals surface area contributed by atoms with Gasteiger partial charge in [0.1, 0.15) is 17.6 Å². The largest absolute Gasteiger partial charge is 0.508 e. The minimum Gasteiger partial charge on any atom is -0.508 e. The molecular formula is C10H10O4. The summed E-state index contributed by atoms with van der Waals surface area (Å²) >= 11 is 0. The lowest BCUT2D eigenvalue weighted by molar-refractivity contribution is -0.138. The van der Waals surface area contributed by atoms with E-state index in [0.29, 0.717) is 12.2 Å². The first kappa shape index (κ1) is 8.87. The van der Waals surface area contributed by atoms with Gasteiger partial charge in [0, 0.05) is 12.5 Å². The molecule has 0 amide bonds. The van der Waals surface area contributed by atoms with Gasteiger partial charge < -0.3 is 14.9 Å². The molecule has 1 aromatic carbocycles. The van der Waals surface area contributed by atoms with Crippen LogP contribution in [-0.2, 0) is 11.2 Å². The molecule has 0 unspecified atom stereocenters. The number of phenolic OH excluding ortho intramolecular Hbond substituents is 1. The van der Waals surface area contributed by atoms with E-state index in [-0.39, 0.29) is 18.3 Å². The second-order valence-electron chi connectivity index (χ2n) is 3.33. The zero-order valence-electron chi connectivity index (χ0n) is 7.43. The molecule has 0 spiro atoms. The van der Waals surface area contributed by atoms with Crippen molar-refractivity contribution in [1.29, 1.82) is 0 Å². The summed E-state index contributed by atoms with van der Waals surface area (Å²) in [4.78, 5) is 10.4. The van der Waals surface area contributed by atoms with Crippen LogP contribution in [-0.4, -0.2) is 22.3 Å². The molecule has 0 fully saturated rings. The van der Waals surface area contributed by atoms with Crippen molar-refractivity contribution in [1.82, 2.24) is 0 Å². The monoisotopic (exact) mass is 194 g/mol. The molecule has 1 aliphatic heterocycles. The van der Waals surface area contributed by atoms with E-state index >= 15 is 0 Å². The first-order valence-electron chi connectivity index (χ1n) is 4.35. The van der Waals surface area contributed by atoms with Crippen molar-refractivity contribution < 1.29 is 19.7 Å². The molecule has 1 heterocycles. The van der Waals surface area contributed by atoms with Crippen LogP contribution in [0.15, 0.2) is 18.2 Å². The second kappa shape index (κ2) is 3.21. The van der Waals surface area contributed by atoms with E-state index in [1.165, 1.54) is 6.07 Å². The Morgan fingerprint density at radius 1 is 1.57 bits per heavy atom. The van der Waals surface area contributed by atoms with E-state index in [2.05, 4.69) is 0 Å². The van der Waals surface area contributed by atoms with Gasteiger partial charge in [-0.15, -0.1) is 0 Å². The third-order valence-electron chi connectivity index (χ3n) is 2.19. The van der Waals surface area contributed by atoms with Crippen LogP contribution >= 0.6 is 0 Å². The molecule has 74 valence electrons. The van der Waals surface area contributed by atoms with Crippen molar-refractivity contribution in [3.8, 4) is 11.5 Å². The molecule has 0 radical (unpaired) electrons. The number of aromatic hydroxyl groups is 1. The number of rotatable bonds is 2. The number of benzene rings is 1. The molecule has 2 N–H and O–H groups in total. The Morgan fingerprint density at radius 3 is 3.07 bits per heavy atom. The highest BCUT2D eigenvalue weighted by Crippen LogP contribution is 2.32. The maximum absolute atomic E-state index is 10.4. The van der Waals surface area contributed by atoms with Crippen molar-refractivity contribution in [2.75, 3.05) is 0 Å². The Morgan fingerprint density at radius 2 is 2.36 bits per heavy atom. The van der Waals surface area contributed by atoms with Crippen molar-refractivity contribution in [2.45, 2.75) is 18.9 Å². The minimum atomic E-state index is -0.868. The lowest BCUT2D eigenvalue weighted by atomic mass is 10.1. The van der Waals surface area contributed by atoms with Crippen LogP contribution in [0.5, 0.6) is 11.5 Å². The molecular weight excluding hydrogens is 184 g/mol. The Labute approximate surface area is 80.7 Å². The highest BCUT2D eigenvalue weighted by molar-refractivity contribution is 5.67. The van der Waals surface area contributed by atoms with Gasteiger partial charge in [-0.1, -0.05) is 6.07 Å². The van der Waals surface area contributed by atoms with Gasteiger partial charge in [-0.3, -0.25) is 4.79 Å². The van der Waals surface area contributed by atoms with Crippen LogP contribution in [0.2, 0.25) is 0 Å². The van der Waals surface area contributed by atoms with E-state index in [0.717, 1.165) is 5.56 Å².